The predicted octanol–water partition coefficient (Wildman–Crippen LogP) is 5.24. The zero-order valence-corrected chi connectivity index (χ0v) is 16.1. The number of pyridine rings is 1. The van der Waals surface area contributed by atoms with Crippen molar-refractivity contribution < 1.29 is 9.18 Å². The molecule has 0 saturated heterocycles. The molecule has 2 aromatic carbocycles. The van der Waals surface area contributed by atoms with Gasteiger partial charge in [0.2, 0.25) is 0 Å². The summed E-state index contributed by atoms with van der Waals surface area (Å²) in [6, 6.07) is 17.4. The molecule has 0 atom stereocenters. The third kappa shape index (κ3) is 3.77. The van der Waals surface area contributed by atoms with E-state index in [9.17, 15) is 9.18 Å². The maximum Gasteiger partial charge on any atom is 0.260 e. The highest BCUT2D eigenvalue weighted by molar-refractivity contribution is 7.22. The Morgan fingerprint density at radius 1 is 1.11 bits per heavy atom. The first kappa shape index (κ1) is 18.3. The van der Waals surface area contributed by atoms with Crippen molar-refractivity contribution in [3.8, 4) is 0 Å². The fraction of sp³-hybridized carbons (Fsp3) is 0.136. The van der Waals surface area contributed by atoms with Gasteiger partial charge in [0.1, 0.15) is 5.82 Å². The molecule has 4 aromatic rings. The summed E-state index contributed by atoms with van der Waals surface area (Å²) in [5.41, 5.74) is 3.08. The number of amides is 1. The molecule has 0 aliphatic heterocycles. The van der Waals surface area contributed by atoms with E-state index in [0.29, 0.717) is 5.13 Å². The third-order valence-electron chi connectivity index (χ3n) is 4.44. The number of rotatable bonds is 5. The number of hydrogen-bond donors (Lipinski definition) is 0. The molecule has 0 unspecified atom stereocenters. The largest absolute Gasteiger partial charge is 0.278 e. The minimum Gasteiger partial charge on any atom is -0.278 e. The summed E-state index contributed by atoms with van der Waals surface area (Å²) in [4.78, 5) is 23.7. The summed E-state index contributed by atoms with van der Waals surface area (Å²) >= 11 is 1.45. The Bertz CT molecular complexity index is 1130. The van der Waals surface area contributed by atoms with Crippen LogP contribution in [0.1, 0.15) is 28.5 Å². The standard InChI is InChI=1S/C22H18FN3OS/c1-2-15-9-10-19-20(12-15)28-22(25-19)26(14-18-8-3-4-11-24-18)21(27)16-6-5-7-17(23)13-16/h3-13H,2,14H2,1H3. The summed E-state index contributed by atoms with van der Waals surface area (Å²) in [5, 5.41) is 0.572. The Kier molecular flexibility index (Phi) is 5.12. The Hall–Kier alpha value is -3.12. The van der Waals surface area contributed by atoms with E-state index in [1.807, 2.05) is 30.3 Å². The molecule has 0 fully saturated rings. The van der Waals surface area contributed by atoms with Gasteiger partial charge in [0.15, 0.2) is 5.13 Å². The van der Waals surface area contributed by atoms with Crippen molar-refractivity contribution in [2.75, 3.05) is 4.90 Å². The monoisotopic (exact) mass is 391 g/mol. The van der Waals surface area contributed by atoms with Crippen LogP contribution in [0.4, 0.5) is 9.52 Å². The van der Waals surface area contributed by atoms with Gasteiger partial charge in [-0.25, -0.2) is 9.37 Å². The van der Waals surface area contributed by atoms with Gasteiger partial charge < -0.3 is 0 Å². The van der Waals surface area contributed by atoms with Crippen LogP contribution < -0.4 is 4.90 Å². The van der Waals surface area contributed by atoms with Gasteiger partial charge in [-0.05, 0) is 54.4 Å². The smallest absolute Gasteiger partial charge is 0.260 e. The highest BCUT2D eigenvalue weighted by atomic mass is 32.1. The zero-order valence-electron chi connectivity index (χ0n) is 15.3. The minimum absolute atomic E-state index is 0.261. The number of fused-ring (bicyclic) bond motifs is 1. The molecule has 4 rings (SSSR count). The average molecular weight is 391 g/mol. The molecule has 2 aromatic heterocycles. The lowest BCUT2D eigenvalue weighted by atomic mass is 10.2. The molecule has 0 radical (unpaired) electrons. The fourth-order valence-corrected chi connectivity index (χ4v) is 3.98. The van der Waals surface area contributed by atoms with E-state index in [2.05, 4.69) is 23.0 Å². The molecule has 140 valence electrons. The summed E-state index contributed by atoms with van der Waals surface area (Å²) in [7, 11) is 0. The van der Waals surface area contributed by atoms with Gasteiger partial charge in [0.25, 0.3) is 5.91 Å². The van der Waals surface area contributed by atoms with E-state index in [-0.39, 0.29) is 18.0 Å². The topological polar surface area (TPSA) is 46.1 Å². The second-order valence-corrected chi connectivity index (χ2v) is 7.38. The van der Waals surface area contributed by atoms with Crippen LogP contribution in [0.25, 0.3) is 10.2 Å². The van der Waals surface area contributed by atoms with Gasteiger partial charge in [-0.15, -0.1) is 0 Å². The molecular formula is C22H18FN3OS. The molecule has 0 aliphatic rings. The quantitative estimate of drug-likeness (QED) is 0.467. The number of aromatic nitrogens is 2. The van der Waals surface area contributed by atoms with Gasteiger partial charge in [-0.2, -0.15) is 0 Å². The average Bonchev–Trinajstić information content (AvgIpc) is 3.15. The maximum atomic E-state index is 13.7. The van der Waals surface area contributed by atoms with Crippen LogP contribution in [0.2, 0.25) is 0 Å². The number of benzene rings is 2. The molecule has 28 heavy (non-hydrogen) atoms. The van der Waals surface area contributed by atoms with Crippen LogP contribution in [-0.2, 0) is 13.0 Å². The lowest BCUT2D eigenvalue weighted by Gasteiger charge is -2.19. The minimum atomic E-state index is -0.444. The van der Waals surface area contributed by atoms with Crippen molar-refractivity contribution in [2.24, 2.45) is 0 Å². The molecule has 6 heteroatoms. The molecule has 0 aliphatic carbocycles. The lowest BCUT2D eigenvalue weighted by Crippen LogP contribution is -2.30. The van der Waals surface area contributed by atoms with Gasteiger partial charge >= 0.3 is 0 Å². The Labute approximate surface area is 166 Å². The van der Waals surface area contributed by atoms with Crippen LogP contribution >= 0.6 is 11.3 Å². The molecule has 0 saturated carbocycles. The number of anilines is 1. The predicted molar refractivity (Wildman–Crippen MR) is 110 cm³/mol. The van der Waals surface area contributed by atoms with Gasteiger partial charge in [-0.3, -0.25) is 14.7 Å². The summed E-state index contributed by atoms with van der Waals surface area (Å²) in [5.74, 6) is -0.750. The third-order valence-corrected chi connectivity index (χ3v) is 5.48. The highest BCUT2D eigenvalue weighted by Gasteiger charge is 2.22. The van der Waals surface area contributed by atoms with Crippen molar-refractivity contribution >= 4 is 32.6 Å². The molecule has 0 bridgehead atoms. The molecule has 1 amide bonds. The van der Waals surface area contributed by atoms with Crippen LogP contribution in [0, 0.1) is 5.82 Å². The van der Waals surface area contributed by atoms with Crippen molar-refractivity contribution in [2.45, 2.75) is 19.9 Å². The molecule has 0 N–H and O–H groups in total. The molecular weight excluding hydrogens is 373 g/mol. The van der Waals surface area contributed by atoms with E-state index in [0.717, 1.165) is 22.3 Å². The number of halogens is 1. The van der Waals surface area contributed by atoms with Crippen molar-refractivity contribution in [3.05, 3.63) is 89.5 Å². The highest BCUT2D eigenvalue weighted by Crippen LogP contribution is 2.31. The second-order valence-electron chi connectivity index (χ2n) is 6.37. The van der Waals surface area contributed by atoms with Crippen molar-refractivity contribution in [1.82, 2.24) is 9.97 Å². The van der Waals surface area contributed by atoms with E-state index >= 15 is 0 Å². The molecule has 0 spiro atoms. The Morgan fingerprint density at radius 2 is 2.00 bits per heavy atom. The number of carbonyl (C=O) groups is 1. The van der Waals surface area contributed by atoms with E-state index in [4.69, 9.17) is 0 Å². The number of thiazole rings is 1. The summed E-state index contributed by atoms with van der Waals surface area (Å²) in [6.07, 6.45) is 2.62. The lowest BCUT2D eigenvalue weighted by molar-refractivity contribution is 0.0984. The maximum absolute atomic E-state index is 13.7. The SMILES string of the molecule is CCc1ccc2nc(N(Cc3ccccn3)C(=O)c3cccc(F)c3)sc2c1. The summed E-state index contributed by atoms with van der Waals surface area (Å²) < 4.78 is 14.7. The van der Waals surface area contributed by atoms with Gasteiger partial charge in [0, 0.05) is 11.8 Å². The van der Waals surface area contributed by atoms with E-state index in [1.54, 1.807) is 17.2 Å². The van der Waals surface area contributed by atoms with Crippen LogP contribution in [0.3, 0.4) is 0 Å². The van der Waals surface area contributed by atoms with Crippen LogP contribution in [0.15, 0.2) is 66.9 Å². The molecule has 4 nitrogen and oxygen atoms in total. The zero-order chi connectivity index (χ0) is 19.5. The van der Waals surface area contributed by atoms with Crippen LogP contribution in [-0.4, -0.2) is 15.9 Å². The van der Waals surface area contributed by atoms with Crippen LogP contribution in [0.5, 0.6) is 0 Å². The van der Waals surface area contributed by atoms with Gasteiger partial charge in [-0.1, -0.05) is 36.5 Å². The fourth-order valence-electron chi connectivity index (χ4n) is 2.95. The first-order valence-electron chi connectivity index (χ1n) is 9.01. The van der Waals surface area contributed by atoms with E-state index in [1.165, 1.54) is 35.1 Å². The Morgan fingerprint density at radius 3 is 2.75 bits per heavy atom. The van der Waals surface area contributed by atoms with Crippen molar-refractivity contribution in [3.63, 3.8) is 0 Å². The molecule has 2 heterocycles. The van der Waals surface area contributed by atoms with Crippen molar-refractivity contribution in [1.29, 1.82) is 0 Å². The second kappa shape index (κ2) is 7.86. The first-order chi connectivity index (χ1) is 13.6. The Balaban J connectivity index is 1.77. The summed E-state index contributed by atoms with van der Waals surface area (Å²) in [6.45, 7) is 2.36. The normalized spacial score (nSPS) is 10.9. The first-order valence-corrected chi connectivity index (χ1v) is 9.82. The van der Waals surface area contributed by atoms with E-state index < -0.39 is 5.82 Å². The number of hydrogen-bond acceptors (Lipinski definition) is 4. The number of nitrogens with zero attached hydrogens (tertiary/aromatic N) is 3. The number of aryl methyl sites for hydroxylation is 1. The van der Waals surface area contributed by atoms with Gasteiger partial charge in [0.05, 0.1) is 22.5 Å². The number of carbonyl (C=O) groups excluding carboxylic acids is 1.